The van der Waals surface area contributed by atoms with Crippen molar-refractivity contribution in [3.8, 4) is 17.1 Å². The minimum atomic E-state index is 0.680. The second-order valence-corrected chi connectivity index (χ2v) is 4.71. The fraction of sp³-hybridized carbons (Fsp3) is 0.375. The van der Waals surface area contributed by atoms with Crippen molar-refractivity contribution in [2.45, 2.75) is 19.8 Å². The van der Waals surface area contributed by atoms with Crippen molar-refractivity contribution < 1.29 is 4.74 Å². The monoisotopic (exact) mass is 286 g/mol. The van der Waals surface area contributed by atoms with Gasteiger partial charge in [0.25, 0.3) is 0 Å². The van der Waals surface area contributed by atoms with Crippen LogP contribution in [0.5, 0.6) is 5.75 Å². The molecule has 2 rings (SSSR count). The Balaban J connectivity index is 2.20. The Morgan fingerprint density at radius 2 is 2.00 bits per heavy atom. The quantitative estimate of drug-likeness (QED) is 0.765. The van der Waals surface area contributed by atoms with Gasteiger partial charge in [0.2, 0.25) is 0 Å². The van der Waals surface area contributed by atoms with Crippen molar-refractivity contribution in [3.05, 3.63) is 36.2 Å². The minimum Gasteiger partial charge on any atom is -0.497 e. The van der Waals surface area contributed by atoms with E-state index in [1.54, 1.807) is 7.11 Å². The zero-order valence-corrected chi connectivity index (χ0v) is 12.6. The molecule has 0 unspecified atom stereocenters. The Hall–Kier alpha value is -2.14. The molecule has 0 saturated heterocycles. The summed E-state index contributed by atoms with van der Waals surface area (Å²) in [5.74, 6) is 1.56. The number of nitrogens with two attached hydrogens (primary N) is 1. The van der Waals surface area contributed by atoms with E-state index in [9.17, 15) is 0 Å². The summed E-state index contributed by atoms with van der Waals surface area (Å²) in [7, 11) is 1.66. The van der Waals surface area contributed by atoms with Crippen LogP contribution < -0.4 is 15.8 Å². The fourth-order valence-corrected chi connectivity index (χ4v) is 2.04. The minimum absolute atomic E-state index is 0.680. The number of methoxy groups -OCH3 is 1. The molecule has 5 heteroatoms. The molecule has 1 heterocycles. The fourth-order valence-electron chi connectivity index (χ4n) is 2.04. The van der Waals surface area contributed by atoms with Crippen molar-refractivity contribution in [2.24, 2.45) is 5.73 Å². The van der Waals surface area contributed by atoms with Gasteiger partial charge in [0.05, 0.1) is 24.7 Å². The number of nitrogens with one attached hydrogen (secondary N) is 1. The first kappa shape index (κ1) is 15.3. The SMILES string of the molecule is CCc1nc(-c2ccc(OC)cc2)ncc1NCCCN. The van der Waals surface area contributed by atoms with Gasteiger partial charge in [0.15, 0.2) is 5.82 Å². The number of aryl methyl sites for hydroxylation is 1. The molecule has 21 heavy (non-hydrogen) atoms. The van der Waals surface area contributed by atoms with E-state index in [-0.39, 0.29) is 0 Å². The Morgan fingerprint density at radius 1 is 1.24 bits per heavy atom. The molecular weight excluding hydrogens is 264 g/mol. The number of aromatic nitrogens is 2. The molecule has 3 N–H and O–H groups in total. The lowest BCUT2D eigenvalue weighted by molar-refractivity contribution is 0.415. The molecular formula is C16H22N4O. The first-order valence-corrected chi connectivity index (χ1v) is 7.22. The van der Waals surface area contributed by atoms with Gasteiger partial charge in [-0.2, -0.15) is 0 Å². The maximum atomic E-state index is 5.51. The predicted molar refractivity (Wildman–Crippen MR) is 85.6 cm³/mol. The molecule has 0 amide bonds. The van der Waals surface area contributed by atoms with Gasteiger partial charge in [-0.15, -0.1) is 0 Å². The van der Waals surface area contributed by atoms with E-state index in [0.717, 1.165) is 47.9 Å². The lowest BCUT2D eigenvalue weighted by atomic mass is 10.2. The van der Waals surface area contributed by atoms with Crippen LogP contribution in [-0.4, -0.2) is 30.2 Å². The molecule has 112 valence electrons. The van der Waals surface area contributed by atoms with Gasteiger partial charge in [-0.05, 0) is 43.7 Å². The van der Waals surface area contributed by atoms with Crippen LogP contribution in [0.2, 0.25) is 0 Å². The van der Waals surface area contributed by atoms with E-state index < -0.39 is 0 Å². The highest BCUT2D eigenvalue weighted by atomic mass is 16.5. The number of nitrogens with zero attached hydrogens (tertiary/aromatic N) is 2. The van der Waals surface area contributed by atoms with Gasteiger partial charge >= 0.3 is 0 Å². The Kier molecular flexibility index (Phi) is 5.51. The third kappa shape index (κ3) is 3.92. The number of anilines is 1. The van der Waals surface area contributed by atoms with Crippen LogP contribution in [0.4, 0.5) is 5.69 Å². The summed E-state index contributed by atoms with van der Waals surface area (Å²) < 4.78 is 5.16. The number of rotatable bonds is 7. The van der Waals surface area contributed by atoms with Crippen molar-refractivity contribution in [3.63, 3.8) is 0 Å². The van der Waals surface area contributed by atoms with Crippen LogP contribution in [-0.2, 0) is 6.42 Å². The van der Waals surface area contributed by atoms with Crippen molar-refractivity contribution in [2.75, 3.05) is 25.5 Å². The van der Waals surface area contributed by atoms with Gasteiger partial charge in [-0.1, -0.05) is 6.92 Å². The lowest BCUT2D eigenvalue weighted by Crippen LogP contribution is -2.11. The summed E-state index contributed by atoms with van der Waals surface area (Å²) >= 11 is 0. The highest BCUT2D eigenvalue weighted by molar-refractivity contribution is 5.59. The standard InChI is InChI=1S/C16H22N4O/c1-3-14-15(18-10-4-9-17)11-19-16(20-14)12-5-7-13(21-2)8-6-12/h5-8,11,18H,3-4,9-10,17H2,1-2H3. The van der Waals surface area contributed by atoms with Crippen LogP contribution in [0.25, 0.3) is 11.4 Å². The number of hydrogen-bond acceptors (Lipinski definition) is 5. The molecule has 0 radical (unpaired) electrons. The zero-order chi connectivity index (χ0) is 15.1. The van der Waals surface area contributed by atoms with E-state index in [0.29, 0.717) is 6.54 Å². The highest BCUT2D eigenvalue weighted by Crippen LogP contribution is 2.22. The van der Waals surface area contributed by atoms with E-state index in [1.807, 2.05) is 30.5 Å². The molecule has 0 bridgehead atoms. The van der Waals surface area contributed by atoms with Crippen LogP contribution in [0, 0.1) is 0 Å². The Labute approximate surface area is 125 Å². The molecule has 1 aromatic heterocycles. The van der Waals surface area contributed by atoms with Gasteiger partial charge in [-0.25, -0.2) is 9.97 Å². The third-order valence-corrected chi connectivity index (χ3v) is 3.25. The lowest BCUT2D eigenvalue weighted by Gasteiger charge is -2.11. The highest BCUT2D eigenvalue weighted by Gasteiger charge is 2.07. The second kappa shape index (κ2) is 7.59. The number of benzene rings is 1. The molecule has 1 aromatic carbocycles. The Morgan fingerprint density at radius 3 is 2.62 bits per heavy atom. The topological polar surface area (TPSA) is 73.1 Å². The zero-order valence-electron chi connectivity index (χ0n) is 12.6. The molecule has 0 aliphatic rings. The molecule has 0 aliphatic carbocycles. The molecule has 2 aromatic rings. The Bertz CT molecular complexity index is 569. The summed E-state index contributed by atoms with van der Waals surface area (Å²) in [6.07, 6.45) is 3.64. The van der Waals surface area contributed by atoms with Crippen molar-refractivity contribution >= 4 is 5.69 Å². The molecule has 0 aliphatic heterocycles. The van der Waals surface area contributed by atoms with Gasteiger partial charge < -0.3 is 15.8 Å². The summed E-state index contributed by atoms with van der Waals surface area (Å²) in [4.78, 5) is 9.10. The normalized spacial score (nSPS) is 10.4. The molecule has 0 fully saturated rings. The van der Waals surface area contributed by atoms with E-state index in [1.165, 1.54) is 0 Å². The molecule has 0 atom stereocenters. The van der Waals surface area contributed by atoms with E-state index >= 15 is 0 Å². The summed E-state index contributed by atoms with van der Waals surface area (Å²) in [6, 6.07) is 7.76. The van der Waals surface area contributed by atoms with E-state index in [2.05, 4.69) is 22.2 Å². The van der Waals surface area contributed by atoms with Crippen LogP contribution >= 0.6 is 0 Å². The summed E-state index contributed by atoms with van der Waals surface area (Å²) in [6.45, 7) is 3.61. The van der Waals surface area contributed by atoms with Crippen molar-refractivity contribution in [1.29, 1.82) is 0 Å². The number of ether oxygens (including phenoxy) is 1. The van der Waals surface area contributed by atoms with Crippen LogP contribution in [0.15, 0.2) is 30.5 Å². The smallest absolute Gasteiger partial charge is 0.159 e. The largest absolute Gasteiger partial charge is 0.497 e. The van der Waals surface area contributed by atoms with Gasteiger partial charge in [0, 0.05) is 12.1 Å². The van der Waals surface area contributed by atoms with Crippen LogP contribution in [0.1, 0.15) is 19.0 Å². The molecule has 5 nitrogen and oxygen atoms in total. The summed E-state index contributed by atoms with van der Waals surface area (Å²) in [5.41, 5.74) is 8.50. The maximum Gasteiger partial charge on any atom is 0.159 e. The molecule has 0 spiro atoms. The second-order valence-electron chi connectivity index (χ2n) is 4.71. The van der Waals surface area contributed by atoms with Crippen LogP contribution in [0.3, 0.4) is 0 Å². The number of hydrogen-bond donors (Lipinski definition) is 2. The maximum absolute atomic E-state index is 5.51. The summed E-state index contributed by atoms with van der Waals surface area (Å²) in [5, 5.41) is 3.34. The van der Waals surface area contributed by atoms with E-state index in [4.69, 9.17) is 10.5 Å². The predicted octanol–water partition coefficient (Wildman–Crippen LogP) is 2.48. The first-order chi connectivity index (χ1) is 10.3. The third-order valence-electron chi connectivity index (χ3n) is 3.25. The van der Waals surface area contributed by atoms with Gasteiger partial charge in [-0.3, -0.25) is 0 Å². The molecule has 0 saturated carbocycles. The average Bonchev–Trinajstić information content (AvgIpc) is 2.55. The van der Waals surface area contributed by atoms with Gasteiger partial charge in [0.1, 0.15) is 5.75 Å². The van der Waals surface area contributed by atoms with Crippen molar-refractivity contribution in [1.82, 2.24) is 9.97 Å². The first-order valence-electron chi connectivity index (χ1n) is 7.22. The average molecular weight is 286 g/mol.